The third-order valence-electron chi connectivity index (χ3n) is 2.52. The standard InChI is InChI=1S/C13H21NO3S/c1-4-5-10-18(2,3)17-13(15)11-6-8-12(16-14)9-7-11/h6-9H,4-5,10,14H2,1-3H3. The van der Waals surface area contributed by atoms with Crippen molar-refractivity contribution in [2.24, 2.45) is 5.90 Å². The lowest BCUT2D eigenvalue weighted by Gasteiger charge is -2.30. The highest BCUT2D eigenvalue weighted by Gasteiger charge is 2.18. The maximum atomic E-state index is 11.9. The molecular weight excluding hydrogens is 250 g/mol. The number of carbonyl (C=O) groups excluding carboxylic acids is 1. The van der Waals surface area contributed by atoms with E-state index in [1.54, 1.807) is 24.3 Å². The molecule has 0 saturated heterocycles. The van der Waals surface area contributed by atoms with Gasteiger partial charge in [0, 0.05) is 5.75 Å². The molecule has 0 saturated carbocycles. The molecule has 18 heavy (non-hydrogen) atoms. The van der Waals surface area contributed by atoms with Crippen molar-refractivity contribution in [1.82, 2.24) is 0 Å². The summed E-state index contributed by atoms with van der Waals surface area (Å²) in [6.07, 6.45) is 6.21. The van der Waals surface area contributed by atoms with Gasteiger partial charge >= 0.3 is 5.97 Å². The Hall–Kier alpha value is -1.20. The minimum absolute atomic E-state index is 0.283. The van der Waals surface area contributed by atoms with Gasteiger partial charge < -0.3 is 9.02 Å². The molecule has 0 amide bonds. The molecule has 5 heteroatoms. The first-order valence-corrected chi connectivity index (χ1v) is 8.44. The monoisotopic (exact) mass is 271 g/mol. The highest BCUT2D eigenvalue weighted by Crippen LogP contribution is 2.42. The summed E-state index contributed by atoms with van der Waals surface area (Å²) >= 11 is 0. The van der Waals surface area contributed by atoms with Gasteiger partial charge in [0.1, 0.15) is 5.75 Å². The molecule has 0 heterocycles. The summed E-state index contributed by atoms with van der Waals surface area (Å²) in [6.45, 7) is 2.13. The third-order valence-corrected chi connectivity index (χ3v) is 4.39. The van der Waals surface area contributed by atoms with Crippen LogP contribution in [0.1, 0.15) is 30.1 Å². The molecule has 1 aromatic carbocycles. The molecule has 0 aliphatic heterocycles. The fourth-order valence-electron chi connectivity index (χ4n) is 1.46. The fraction of sp³-hybridized carbons (Fsp3) is 0.462. The van der Waals surface area contributed by atoms with Gasteiger partial charge in [-0.2, -0.15) is 5.90 Å². The summed E-state index contributed by atoms with van der Waals surface area (Å²) in [5.41, 5.74) is 0.521. The van der Waals surface area contributed by atoms with Crippen molar-refractivity contribution in [2.45, 2.75) is 19.8 Å². The van der Waals surface area contributed by atoms with Gasteiger partial charge in [-0.25, -0.2) is 4.79 Å². The lowest BCUT2D eigenvalue weighted by molar-refractivity contribution is 0.0760. The Morgan fingerprint density at radius 1 is 1.28 bits per heavy atom. The predicted molar refractivity (Wildman–Crippen MR) is 75.9 cm³/mol. The van der Waals surface area contributed by atoms with E-state index in [2.05, 4.69) is 11.8 Å². The minimum Gasteiger partial charge on any atom is -0.412 e. The summed E-state index contributed by atoms with van der Waals surface area (Å²) in [5, 5.41) is 0. The van der Waals surface area contributed by atoms with E-state index < -0.39 is 10.3 Å². The lowest BCUT2D eigenvalue weighted by atomic mass is 10.2. The van der Waals surface area contributed by atoms with Crippen molar-refractivity contribution in [3.05, 3.63) is 29.8 Å². The van der Waals surface area contributed by atoms with Crippen LogP contribution in [-0.4, -0.2) is 24.2 Å². The molecule has 102 valence electrons. The van der Waals surface area contributed by atoms with Crippen LogP contribution in [0.3, 0.4) is 0 Å². The minimum atomic E-state index is -1.31. The average molecular weight is 271 g/mol. The summed E-state index contributed by atoms with van der Waals surface area (Å²) in [6, 6.07) is 6.59. The molecular formula is C13H21NO3S. The second kappa shape index (κ2) is 6.66. The number of carbonyl (C=O) groups is 1. The van der Waals surface area contributed by atoms with Crippen molar-refractivity contribution in [1.29, 1.82) is 0 Å². The van der Waals surface area contributed by atoms with Gasteiger partial charge in [-0.1, -0.05) is 23.7 Å². The Morgan fingerprint density at radius 3 is 2.39 bits per heavy atom. The fourth-order valence-corrected chi connectivity index (χ4v) is 3.03. The SMILES string of the molecule is CCCCS(C)(C)OC(=O)c1ccc(ON)cc1. The normalized spacial score (nSPS) is 12.0. The van der Waals surface area contributed by atoms with E-state index in [1.807, 2.05) is 12.5 Å². The second-order valence-electron chi connectivity index (χ2n) is 4.51. The Bertz CT molecular complexity index is 390. The first-order chi connectivity index (χ1) is 8.48. The molecule has 4 nitrogen and oxygen atoms in total. The molecule has 0 fully saturated rings. The number of rotatable bonds is 6. The quantitative estimate of drug-likeness (QED) is 0.808. The number of hydrogen-bond donors (Lipinski definition) is 1. The van der Waals surface area contributed by atoms with Crippen molar-refractivity contribution >= 4 is 16.3 Å². The van der Waals surface area contributed by atoms with Crippen LogP contribution in [0, 0.1) is 0 Å². The van der Waals surface area contributed by atoms with Crippen LogP contribution in [0.4, 0.5) is 0 Å². The summed E-state index contributed by atoms with van der Waals surface area (Å²) < 4.78 is 5.57. The molecule has 0 bridgehead atoms. The van der Waals surface area contributed by atoms with Gasteiger partial charge in [0.15, 0.2) is 0 Å². The lowest BCUT2D eigenvalue weighted by Crippen LogP contribution is -2.12. The Labute approximate surface area is 110 Å². The van der Waals surface area contributed by atoms with Crippen LogP contribution >= 0.6 is 10.3 Å². The molecule has 0 aromatic heterocycles. The van der Waals surface area contributed by atoms with Crippen LogP contribution in [0.5, 0.6) is 5.75 Å². The molecule has 0 aliphatic carbocycles. The molecule has 0 unspecified atom stereocenters. The molecule has 0 atom stereocenters. The van der Waals surface area contributed by atoms with Gasteiger partial charge in [0.25, 0.3) is 0 Å². The first-order valence-electron chi connectivity index (χ1n) is 5.90. The molecule has 1 rings (SSSR count). The smallest absolute Gasteiger partial charge is 0.348 e. The molecule has 0 radical (unpaired) electrons. The number of hydrogen-bond acceptors (Lipinski definition) is 4. The van der Waals surface area contributed by atoms with Gasteiger partial charge in [0.05, 0.1) is 5.56 Å². The van der Waals surface area contributed by atoms with Crippen LogP contribution in [0.15, 0.2) is 24.3 Å². The van der Waals surface area contributed by atoms with E-state index in [-0.39, 0.29) is 5.97 Å². The summed E-state index contributed by atoms with van der Waals surface area (Å²) in [4.78, 5) is 16.5. The highest BCUT2D eigenvalue weighted by molar-refractivity contribution is 8.29. The van der Waals surface area contributed by atoms with E-state index >= 15 is 0 Å². The van der Waals surface area contributed by atoms with E-state index in [1.165, 1.54) is 0 Å². The van der Waals surface area contributed by atoms with Gasteiger partial charge in [-0.05, 0) is 43.2 Å². The van der Waals surface area contributed by atoms with Gasteiger partial charge in [-0.3, -0.25) is 0 Å². The van der Waals surface area contributed by atoms with E-state index in [9.17, 15) is 4.79 Å². The maximum Gasteiger partial charge on any atom is 0.348 e. The van der Waals surface area contributed by atoms with Crippen LogP contribution in [-0.2, 0) is 4.18 Å². The topological polar surface area (TPSA) is 61.5 Å². The van der Waals surface area contributed by atoms with E-state index in [0.717, 1.165) is 18.6 Å². The zero-order chi connectivity index (χ0) is 13.6. The average Bonchev–Trinajstić information content (AvgIpc) is 2.36. The first kappa shape index (κ1) is 14.9. The number of unbranched alkanes of at least 4 members (excludes halogenated alkanes) is 1. The molecule has 0 aliphatic rings. The van der Waals surface area contributed by atoms with Crippen LogP contribution in [0.2, 0.25) is 0 Å². The Kier molecular flexibility index (Phi) is 5.50. The van der Waals surface area contributed by atoms with Gasteiger partial charge in [0.2, 0.25) is 0 Å². The zero-order valence-electron chi connectivity index (χ0n) is 11.1. The number of benzene rings is 1. The van der Waals surface area contributed by atoms with Crippen LogP contribution < -0.4 is 10.7 Å². The highest BCUT2D eigenvalue weighted by atomic mass is 32.3. The molecule has 1 aromatic rings. The van der Waals surface area contributed by atoms with Crippen molar-refractivity contribution in [2.75, 3.05) is 18.3 Å². The largest absolute Gasteiger partial charge is 0.412 e. The van der Waals surface area contributed by atoms with Crippen molar-refractivity contribution < 1.29 is 13.8 Å². The number of nitrogens with two attached hydrogens (primary N) is 1. The predicted octanol–water partition coefficient (Wildman–Crippen LogP) is 2.88. The summed E-state index contributed by atoms with van der Waals surface area (Å²) in [7, 11) is -1.31. The second-order valence-corrected chi connectivity index (χ2v) is 7.96. The van der Waals surface area contributed by atoms with E-state index in [4.69, 9.17) is 10.1 Å². The van der Waals surface area contributed by atoms with E-state index in [0.29, 0.717) is 11.3 Å². The molecule has 0 spiro atoms. The Morgan fingerprint density at radius 2 is 1.89 bits per heavy atom. The summed E-state index contributed by atoms with van der Waals surface area (Å²) in [5.74, 6) is 6.20. The zero-order valence-corrected chi connectivity index (χ0v) is 12.0. The third kappa shape index (κ3) is 4.58. The van der Waals surface area contributed by atoms with Crippen molar-refractivity contribution in [3.63, 3.8) is 0 Å². The maximum absolute atomic E-state index is 11.9. The van der Waals surface area contributed by atoms with Crippen LogP contribution in [0.25, 0.3) is 0 Å². The molecule has 2 N–H and O–H groups in total. The van der Waals surface area contributed by atoms with Gasteiger partial charge in [-0.15, -0.1) is 0 Å². The van der Waals surface area contributed by atoms with Crippen molar-refractivity contribution in [3.8, 4) is 5.75 Å². The Balaban J connectivity index is 2.63.